The van der Waals surface area contributed by atoms with Gasteiger partial charge in [-0.3, -0.25) is 9.59 Å². The van der Waals surface area contributed by atoms with Crippen molar-refractivity contribution in [3.05, 3.63) is 69.3 Å². The standard InChI is InChI=1S/C34H38N4O5.Na.H/c1-7-21-16(2)24-12-25-17(3)22(8-10-32(40)41)29(36-25)15-30-23(9-11-33(42)43)18(4)26(37-30)14-31-34(20(6)39)19(5)27(38-31)13-28(21)35-24;;/h12-15,20,37-39H,7-11H2,1-6H3,(H,40,41)(H,42,43);;/q;+1;-1. The summed E-state index contributed by atoms with van der Waals surface area (Å²) in [6.45, 7) is 11.8. The first-order valence-electron chi connectivity index (χ1n) is 14.7. The second-order valence-corrected chi connectivity index (χ2v) is 11.4. The van der Waals surface area contributed by atoms with E-state index in [1.807, 2.05) is 45.0 Å². The van der Waals surface area contributed by atoms with Crippen LogP contribution < -0.4 is 29.6 Å². The number of aromatic amines is 2. The molecule has 5 heterocycles. The summed E-state index contributed by atoms with van der Waals surface area (Å²) in [7, 11) is 0. The zero-order valence-corrected chi connectivity index (χ0v) is 28.5. The molecular weight excluding hydrogens is 567 g/mol. The summed E-state index contributed by atoms with van der Waals surface area (Å²) in [6.07, 6.45) is 0.609. The topological polar surface area (TPSA) is 152 Å². The molecule has 0 aliphatic carbocycles. The molecule has 0 radical (unpaired) electrons. The minimum absolute atomic E-state index is 0. The molecule has 0 saturated carbocycles. The Hall–Kier alpha value is -3.50. The monoisotopic (exact) mass is 606 g/mol. The van der Waals surface area contributed by atoms with Crippen LogP contribution in [0.4, 0.5) is 0 Å². The Kier molecular flexibility index (Phi) is 10.0. The summed E-state index contributed by atoms with van der Waals surface area (Å²) in [5, 5.41) is 29.7. The number of nitrogens with one attached hydrogen (secondary N) is 2. The van der Waals surface area contributed by atoms with Gasteiger partial charge in [-0.15, -0.1) is 0 Å². The molecule has 0 saturated heterocycles. The molecule has 5 rings (SSSR count). The van der Waals surface area contributed by atoms with E-state index in [-0.39, 0.29) is 43.8 Å². The maximum Gasteiger partial charge on any atom is 1.00 e. The molecule has 2 aliphatic rings. The number of aliphatic hydroxyl groups excluding tert-OH is 1. The van der Waals surface area contributed by atoms with E-state index in [4.69, 9.17) is 9.97 Å². The average molecular weight is 607 g/mol. The first-order chi connectivity index (χ1) is 20.4. The number of aliphatic hydroxyl groups is 1. The fourth-order valence-electron chi connectivity index (χ4n) is 6.27. The second kappa shape index (κ2) is 13.2. The Morgan fingerprint density at radius 2 is 1.27 bits per heavy atom. The molecule has 226 valence electrons. The zero-order chi connectivity index (χ0) is 31.2. The van der Waals surface area contributed by atoms with E-state index in [1.54, 1.807) is 6.92 Å². The van der Waals surface area contributed by atoms with Crippen molar-refractivity contribution in [3.8, 4) is 0 Å². The van der Waals surface area contributed by atoms with Gasteiger partial charge in [-0.1, -0.05) is 6.92 Å². The van der Waals surface area contributed by atoms with Crippen LogP contribution in [-0.4, -0.2) is 47.2 Å². The van der Waals surface area contributed by atoms with Crippen LogP contribution in [-0.2, 0) is 16.0 Å². The van der Waals surface area contributed by atoms with E-state index >= 15 is 0 Å². The smallest absolute Gasteiger partial charge is 1.00 e. The summed E-state index contributed by atoms with van der Waals surface area (Å²) in [5.74, 6) is -1.78. The second-order valence-electron chi connectivity index (χ2n) is 11.4. The molecule has 3 aromatic rings. The molecule has 8 bridgehead atoms. The Morgan fingerprint density at radius 1 is 0.750 bits per heavy atom. The number of rotatable bonds is 8. The molecule has 5 N–H and O–H groups in total. The van der Waals surface area contributed by atoms with Crippen molar-refractivity contribution in [2.24, 2.45) is 0 Å². The van der Waals surface area contributed by atoms with Crippen LogP contribution in [0.3, 0.4) is 0 Å². The Bertz CT molecular complexity index is 1900. The van der Waals surface area contributed by atoms with E-state index in [1.165, 1.54) is 0 Å². The van der Waals surface area contributed by atoms with Gasteiger partial charge >= 0.3 is 41.5 Å². The van der Waals surface area contributed by atoms with Crippen LogP contribution in [0, 0.1) is 13.8 Å². The molecule has 44 heavy (non-hydrogen) atoms. The molecule has 1 unspecified atom stereocenters. The van der Waals surface area contributed by atoms with Gasteiger partial charge in [-0.25, -0.2) is 9.97 Å². The largest absolute Gasteiger partial charge is 1.00 e. The van der Waals surface area contributed by atoms with Crippen molar-refractivity contribution in [2.75, 3.05) is 0 Å². The quantitative estimate of drug-likeness (QED) is 0.240. The number of hydrogen-bond acceptors (Lipinski definition) is 5. The van der Waals surface area contributed by atoms with Crippen LogP contribution >= 0.6 is 0 Å². The van der Waals surface area contributed by atoms with Crippen LogP contribution in [0.1, 0.15) is 106 Å². The predicted molar refractivity (Wildman–Crippen MR) is 170 cm³/mol. The normalized spacial score (nSPS) is 13.7. The van der Waals surface area contributed by atoms with Gasteiger partial charge in [0.25, 0.3) is 0 Å². The minimum Gasteiger partial charge on any atom is -1.00 e. The van der Waals surface area contributed by atoms with E-state index in [0.29, 0.717) is 18.5 Å². The van der Waals surface area contributed by atoms with Gasteiger partial charge in [0.05, 0.1) is 28.9 Å². The number of H-pyrrole nitrogens is 2. The summed E-state index contributed by atoms with van der Waals surface area (Å²) in [6, 6.07) is 7.85. The molecule has 0 fully saturated rings. The number of aromatic nitrogens is 4. The van der Waals surface area contributed by atoms with Gasteiger partial charge in [0, 0.05) is 40.5 Å². The predicted octanol–water partition coefficient (Wildman–Crippen LogP) is 4.25. The van der Waals surface area contributed by atoms with Crippen molar-refractivity contribution < 1.29 is 55.9 Å². The number of aliphatic carboxylic acids is 2. The number of hydrogen-bond donors (Lipinski definition) is 5. The molecule has 10 heteroatoms. The molecule has 3 aromatic heterocycles. The first kappa shape index (κ1) is 33.4. The molecule has 2 aliphatic heterocycles. The van der Waals surface area contributed by atoms with Gasteiger partial charge in [0.15, 0.2) is 0 Å². The van der Waals surface area contributed by atoms with Crippen molar-refractivity contribution in [1.29, 1.82) is 0 Å². The molecule has 0 spiro atoms. The fraction of sp³-hybridized carbons (Fsp3) is 0.353. The van der Waals surface area contributed by atoms with Crippen LogP contribution in [0.2, 0.25) is 0 Å². The van der Waals surface area contributed by atoms with Crippen LogP contribution in [0.5, 0.6) is 0 Å². The van der Waals surface area contributed by atoms with Crippen LogP contribution in [0.15, 0.2) is 24.3 Å². The SMILES string of the molecule is CCC1=C(C)c2cc3nc(cc4[nH]c(cc5[nH]c(cc1n2)c(C)c5C(C)O)c(C)c4CCC(=O)O)C(CCC(=O)O)=C3C.[H-].[Na+]. The third kappa shape index (κ3) is 6.33. The molecule has 1 atom stereocenters. The van der Waals surface area contributed by atoms with Gasteiger partial charge in [-0.2, -0.15) is 0 Å². The van der Waals surface area contributed by atoms with E-state index in [9.17, 15) is 24.9 Å². The molecule has 0 aromatic carbocycles. The number of carboxylic acids is 2. The van der Waals surface area contributed by atoms with Crippen molar-refractivity contribution in [1.82, 2.24) is 19.9 Å². The zero-order valence-electron chi connectivity index (χ0n) is 27.5. The number of carboxylic acid groups (broad SMARTS) is 2. The van der Waals surface area contributed by atoms with E-state index in [2.05, 4.69) is 23.8 Å². The van der Waals surface area contributed by atoms with Crippen molar-refractivity contribution in [3.63, 3.8) is 0 Å². The van der Waals surface area contributed by atoms with Crippen LogP contribution in [0.25, 0.3) is 44.4 Å². The van der Waals surface area contributed by atoms with Gasteiger partial charge in [0.1, 0.15) is 0 Å². The molecule has 0 amide bonds. The van der Waals surface area contributed by atoms with Crippen molar-refractivity contribution in [2.45, 2.75) is 79.8 Å². The third-order valence-electron chi connectivity index (χ3n) is 8.67. The van der Waals surface area contributed by atoms with Gasteiger partial charge in [-0.05, 0) is 117 Å². The van der Waals surface area contributed by atoms with E-state index in [0.717, 1.165) is 90.1 Å². The number of carbonyl (C=O) groups is 2. The maximum absolute atomic E-state index is 11.6. The summed E-state index contributed by atoms with van der Waals surface area (Å²) in [5.41, 5.74) is 13.6. The third-order valence-corrected chi connectivity index (χ3v) is 8.67. The Morgan fingerprint density at radius 3 is 1.86 bits per heavy atom. The maximum atomic E-state index is 11.6. The van der Waals surface area contributed by atoms with Gasteiger partial charge < -0.3 is 26.7 Å². The summed E-state index contributed by atoms with van der Waals surface area (Å²) in [4.78, 5) is 40.1. The minimum atomic E-state index is -0.892. The molecule has 9 nitrogen and oxygen atoms in total. The number of nitrogens with zero attached hydrogens (tertiary/aromatic N) is 2. The number of fused-ring (bicyclic) bond motifs is 8. The molecular formula is C34H39N4NaO5. The number of allylic oxidation sites excluding steroid dienone is 4. The van der Waals surface area contributed by atoms with Crippen molar-refractivity contribution >= 4 is 56.3 Å². The summed E-state index contributed by atoms with van der Waals surface area (Å²) >= 11 is 0. The average Bonchev–Trinajstić information content (AvgIpc) is 3.59. The fourth-order valence-corrected chi connectivity index (χ4v) is 6.27. The Balaban J connectivity index is 0.00000276. The van der Waals surface area contributed by atoms with E-state index < -0.39 is 18.0 Å². The first-order valence-corrected chi connectivity index (χ1v) is 14.7. The van der Waals surface area contributed by atoms with Gasteiger partial charge in [0.2, 0.25) is 0 Å². The Labute approximate surface area is 280 Å². The number of aryl methyl sites for hydroxylation is 3. The summed E-state index contributed by atoms with van der Waals surface area (Å²) < 4.78 is 0.